The van der Waals surface area contributed by atoms with Gasteiger partial charge in [-0.2, -0.15) is 0 Å². The second-order valence-corrected chi connectivity index (χ2v) is 4.57. The van der Waals surface area contributed by atoms with Crippen LogP contribution in [0.4, 0.5) is 0 Å². The highest BCUT2D eigenvalue weighted by Crippen LogP contribution is 2.25. The molecule has 1 aliphatic carbocycles. The number of fused-ring (bicyclic) bond motifs is 2. The summed E-state index contributed by atoms with van der Waals surface area (Å²) in [5, 5.41) is 7.83. The number of hydrogen-bond donors (Lipinski definition) is 0. The molecule has 0 atom stereocenters. The van der Waals surface area contributed by atoms with Crippen LogP contribution < -0.4 is 0 Å². The molecule has 1 heterocycles. The minimum Gasteiger partial charge on any atom is -0.287 e. The predicted octanol–water partition coefficient (Wildman–Crippen LogP) is 1.85. The molecule has 5 heteroatoms. The molecule has 0 unspecified atom stereocenters. The Kier molecular flexibility index (Phi) is 2.74. The van der Waals surface area contributed by atoms with Gasteiger partial charge >= 0.3 is 0 Å². The number of carbonyl (C=O) groups excluding carboxylic acids is 2. The largest absolute Gasteiger partial charge is 0.287 e. The van der Waals surface area contributed by atoms with Crippen LogP contribution in [0.2, 0.25) is 0 Å². The van der Waals surface area contributed by atoms with E-state index in [0.29, 0.717) is 23.4 Å². The van der Waals surface area contributed by atoms with Crippen LogP contribution in [-0.4, -0.2) is 26.6 Å². The molecule has 0 radical (unpaired) electrons. The van der Waals surface area contributed by atoms with Crippen LogP contribution in [-0.2, 0) is 6.54 Å². The molecular formula is C14H13N3O2. The number of rotatable bonds is 3. The first-order valence-electron chi connectivity index (χ1n) is 6.36. The van der Waals surface area contributed by atoms with E-state index in [1.807, 2.05) is 0 Å². The van der Waals surface area contributed by atoms with Gasteiger partial charge in [0.05, 0.1) is 0 Å². The van der Waals surface area contributed by atoms with Gasteiger partial charge in [-0.05, 0) is 6.42 Å². The third-order valence-corrected chi connectivity index (χ3v) is 3.31. The predicted molar refractivity (Wildman–Crippen MR) is 68.2 cm³/mol. The Morgan fingerprint density at radius 3 is 2.47 bits per heavy atom. The molecule has 96 valence electrons. The summed E-state index contributed by atoms with van der Waals surface area (Å²) in [5.41, 5.74) is 1.37. The minimum absolute atomic E-state index is 0.161. The molecule has 0 fully saturated rings. The van der Waals surface area contributed by atoms with Gasteiger partial charge in [0, 0.05) is 17.7 Å². The molecular weight excluding hydrogens is 242 g/mol. The Hall–Kier alpha value is -2.30. The zero-order chi connectivity index (χ0) is 13.4. The van der Waals surface area contributed by atoms with Crippen molar-refractivity contribution >= 4 is 11.6 Å². The van der Waals surface area contributed by atoms with E-state index in [9.17, 15) is 9.59 Å². The average molecular weight is 255 g/mol. The van der Waals surface area contributed by atoms with E-state index in [1.54, 1.807) is 28.9 Å². The van der Waals surface area contributed by atoms with E-state index in [0.717, 1.165) is 12.8 Å². The fourth-order valence-electron chi connectivity index (χ4n) is 2.29. The van der Waals surface area contributed by atoms with Gasteiger partial charge in [0.2, 0.25) is 11.6 Å². The second kappa shape index (κ2) is 4.42. The standard InChI is InChI=1S/C14H13N3O2/c1-2-3-8-17-12-11(15-16-17)13(18)9-6-4-5-7-10(9)14(12)19/h4-7H,2-3,8H2,1H3. The Balaban J connectivity index is 2.12. The van der Waals surface area contributed by atoms with Crippen LogP contribution in [0.15, 0.2) is 24.3 Å². The van der Waals surface area contributed by atoms with Crippen molar-refractivity contribution in [1.82, 2.24) is 15.0 Å². The molecule has 0 aliphatic heterocycles. The highest BCUT2D eigenvalue weighted by Gasteiger charge is 2.34. The topological polar surface area (TPSA) is 64.8 Å². The maximum atomic E-state index is 12.4. The number of ketones is 2. The summed E-state index contributed by atoms with van der Waals surface area (Å²) >= 11 is 0. The molecule has 1 aromatic heterocycles. The normalized spacial score (nSPS) is 13.3. The van der Waals surface area contributed by atoms with Gasteiger partial charge in [-0.1, -0.05) is 42.8 Å². The highest BCUT2D eigenvalue weighted by atomic mass is 16.1. The molecule has 2 aromatic rings. The lowest BCUT2D eigenvalue weighted by Crippen LogP contribution is -2.23. The molecule has 1 aromatic carbocycles. The Bertz CT molecular complexity index is 673. The first-order chi connectivity index (χ1) is 9.24. The summed E-state index contributed by atoms with van der Waals surface area (Å²) in [4.78, 5) is 24.7. The van der Waals surface area contributed by atoms with Crippen LogP contribution in [0.1, 0.15) is 51.9 Å². The maximum Gasteiger partial charge on any atom is 0.216 e. The molecule has 0 N–H and O–H groups in total. The number of aryl methyl sites for hydroxylation is 1. The van der Waals surface area contributed by atoms with Crippen LogP contribution >= 0.6 is 0 Å². The third-order valence-electron chi connectivity index (χ3n) is 3.31. The molecule has 1 aliphatic rings. The van der Waals surface area contributed by atoms with Crippen LogP contribution in [0.25, 0.3) is 0 Å². The fourth-order valence-corrected chi connectivity index (χ4v) is 2.29. The van der Waals surface area contributed by atoms with Gasteiger partial charge in [0.15, 0.2) is 5.69 Å². The van der Waals surface area contributed by atoms with Crippen LogP contribution in [0, 0.1) is 0 Å². The summed E-state index contributed by atoms with van der Waals surface area (Å²) < 4.78 is 1.55. The lowest BCUT2D eigenvalue weighted by molar-refractivity contribution is 0.0970. The van der Waals surface area contributed by atoms with Gasteiger partial charge in [0.1, 0.15) is 5.69 Å². The summed E-state index contributed by atoms with van der Waals surface area (Å²) in [6.07, 6.45) is 1.90. The Morgan fingerprint density at radius 1 is 1.11 bits per heavy atom. The molecule has 0 saturated carbocycles. The monoisotopic (exact) mass is 255 g/mol. The SMILES string of the molecule is CCCCn1nnc2c1C(=O)c1ccccc1C2=O. The molecule has 19 heavy (non-hydrogen) atoms. The van der Waals surface area contributed by atoms with E-state index in [1.165, 1.54) is 0 Å². The van der Waals surface area contributed by atoms with Gasteiger partial charge in [0.25, 0.3) is 0 Å². The van der Waals surface area contributed by atoms with Crippen molar-refractivity contribution in [3.05, 3.63) is 46.8 Å². The fraction of sp³-hybridized carbons (Fsp3) is 0.286. The summed E-state index contributed by atoms with van der Waals surface area (Å²) in [6, 6.07) is 6.84. The first-order valence-corrected chi connectivity index (χ1v) is 6.36. The summed E-state index contributed by atoms with van der Waals surface area (Å²) in [5.74, 6) is -0.376. The number of unbranched alkanes of at least 4 members (excludes halogenated alkanes) is 1. The Morgan fingerprint density at radius 2 is 1.79 bits per heavy atom. The maximum absolute atomic E-state index is 12.4. The van der Waals surface area contributed by atoms with Crippen molar-refractivity contribution in [2.75, 3.05) is 0 Å². The number of hydrogen-bond acceptors (Lipinski definition) is 4. The number of benzene rings is 1. The zero-order valence-corrected chi connectivity index (χ0v) is 10.6. The molecule has 0 bridgehead atoms. The molecule has 0 spiro atoms. The van der Waals surface area contributed by atoms with Crippen molar-refractivity contribution in [3.63, 3.8) is 0 Å². The van der Waals surface area contributed by atoms with Crippen molar-refractivity contribution in [3.8, 4) is 0 Å². The second-order valence-electron chi connectivity index (χ2n) is 4.57. The van der Waals surface area contributed by atoms with Crippen molar-refractivity contribution in [2.24, 2.45) is 0 Å². The Labute approximate surface area is 110 Å². The van der Waals surface area contributed by atoms with E-state index in [-0.39, 0.29) is 17.3 Å². The minimum atomic E-state index is -0.215. The van der Waals surface area contributed by atoms with Crippen molar-refractivity contribution in [2.45, 2.75) is 26.3 Å². The number of nitrogens with zero attached hydrogens (tertiary/aromatic N) is 3. The van der Waals surface area contributed by atoms with E-state index in [4.69, 9.17) is 0 Å². The van der Waals surface area contributed by atoms with Gasteiger partial charge in [-0.25, -0.2) is 4.68 Å². The summed E-state index contributed by atoms with van der Waals surface area (Å²) in [7, 11) is 0. The van der Waals surface area contributed by atoms with Crippen LogP contribution in [0.5, 0.6) is 0 Å². The van der Waals surface area contributed by atoms with Gasteiger partial charge < -0.3 is 0 Å². The number of carbonyl (C=O) groups is 2. The third kappa shape index (κ3) is 1.69. The van der Waals surface area contributed by atoms with Crippen LogP contribution in [0.3, 0.4) is 0 Å². The lowest BCUT2D eigenvalue weighted by atomic mass is 9.90. The average Bonchev–Trinajstić information content (AvgIpc) is 2.87. The zero-order valence-electron chi connectivity index (χ0n) is 10.6. The summed E-state index contributed by atoms with van der Waals surface area (Å²) in [6.45, 7) is 2.67. The van der Waals surface area contributed by atoms with E-state index in [2.05, 4.69) is 17.2 Å². The molecule has 3 rings (SSSR count). The smallest absolute Gasteiger partial charge is 0.216 e. The van der Waals surface area contributed by atoms with E-state index < -0.39 is 0 Å². The highest BCUT2D eigenvalue weighted by molar-refractivity contribution is 6.26. The van der Waals surface area contributed by atoms with E-state index >= 15 is 0 Å². The van der Waals surface area contributed by atoms with Gasteiger partial charge in [-0.3, -0.25) is 9.59 Å². The quantitative estimate of drug-likeness (QED) is 0.716. The molecule has 0 amide bonds. The van der Waals surface area contributed by atoms with Crippen molar-refractivity contribution < 1.29 is 9.59 Å². The number of aromatic nitrogens is 3. The van der Waals surface area contributed by atoms with Gasteiger partial charge in [-0.15, -0.1) is 5.10 Å². The molecule has 5 nitrogen and oxygen atoms in total. The lowest BCUT2D eigenvalue weighted by Gasteiger charge is -2.14. The molecule has 0 saturated heterocycles. The first kappa shape index (κ1) is 11.8. The van der Waals surface area contributed by atoms with Crippen molar-refractivity contribution in [1.29, 1.82) is 0 Å².